The lowest BCUT2D eigenvalue weighted by molar-refractivity contribution is -0.145. The van der Waals surface area contributed by atoms with Crippen LogP contribution in [0.1, 0.15) is 41.0 Å². The van der Waals surface area contributed by atoms with E-state index in [0.29, 0.717) is 18.9 Å². The van der Waals surface area contributed by atoms with Crippen LogP contribution in [0.15, 0.2) is 0 Å². The predicted molar refractivity (Wildman–Crippen MR) is 49.9 cm³/mol. The maximum Gasteiger partial charge on any atom is 0.305 e. The summed E-state index contributed by atoms with van der Waals surface area (Å²) in [5.41, 5.74) is 0.216. The maximum atomic E-state index is 10.8. The van der Waals surface area contributed by atoms with Crippen molar-refractivity contribution in [3.05, 3.63) is 0 Å². The first-order valence-corrected chi connectivity index (χ1v) is 4.53. The van der Waals surface area contributed by atoms with Gasteiger partial charge in [-0.05, 0) is 11.3 Å². The van der Waals surface area contributed by atoms with Crippen LogP contribution in [0.3, 0.4) is 0 Å². The Kier molecular flexibility index (Phi) is 4.29. The molecule has 0 aromatic rings. The van der Waals surface area contributed by atoms with Crippen molar-refractivity contribution < 1.29 is 9.53 Å². The van der Waals surface area contributed by atoms with Gasteiger partial charge in [-0.15, -0.1) is 0 Å². The molecule has 0 rings (SSSR count). The highest BCUT2D eigenvalue weighted by atomic mass is 16.5. The van der Waals surface area contributed by atoms with Gasteiger partial charge in [0.2, 0.25) is 0 Å². The third-order valence-electron chi connectivity index (χ3n) is 2.26. The molecule has 0 spiro atoms. The van der Waals surface area contributed by atoms with E-state index in [1.54, 1.807) is 0 Å². The molecule has 0 aliphatic rings. The molecule has 0 aliphatic carbocycles. The fourth-order valence-corrected chi connectivity index (χ4v) is 0.570. The third kappa shape index (κ3) is 4.37. The molecule has 0 aromatic carbocycles. The number of ether oxygens (including phenoxy) is 1. The Labute approximate surface area is 75.3 Å². The second kappa shape index (κ2) is 4.48. The van der Waals surface area contributed by atoms with Gasteiger partial charge in [0.1, 0.15) is 0 Å². The molecule has 2 nitrogen and oxygen atoms in total. The van der Waals surface area contributed by atoms with Gasteiger partial charge in [-0.2, -0.15) is 0 Å². The highest BCUT2D eigenvalue weighted by Crippen LogP contribution is 2.25. The van der Waals surface area contributed by atoms with Crippen molar-refractivity contribution in [1.82, 2.24) is 0 Å². The van der Waals surface area contributed by atoms with Crippen LogP contribution in [0.2, 0.25) is 0 Å². The van der Waals surface area contributed by atoms with Gasteiger partial charge in [0.15, 0.2) is 0 Å². The standard InChI is InChI=1S/C10H20O2/c1-6-9(11)12-7-8(2)10(3,4)5/h8H,6-7H2,1-5H3. The first-order valence-electron chi connectivity index (χ1n) is 4.53. The Balaban J connectivity index is 3.72. The first-order chi connectivity index (χ1) is 5.38. The molecule has 0 amide bonds. The van der Waals surface area contributed by atoms with E-state index in [9.17, 15) is 4.79 Å². The zero-order valence-electron chi connectivity index (χ0n) is 8.81. The summed E-state index contributed by atoms with van der Waals surface area (Å²) in [6, 6.07) is 0. The number of hydrogen-bond acceptors (Lipinski definition) is 2. The van der Waals surface area contributed by atoms with Crippen LogP contribution in [0.4, 0.5) is 0 Å². The molecule has 1 atom stereocenters. The number of hydrogen-bond donors (Lipinski definition) is 0. The third-order valence-corrected chi connectivity index (χ3v) is 2.26. The molecule has 0 bridgehead atoms. The van der Waals surface area contributed by atoms with Crippen LogP contribution < -0.4 is 0 Å². The van der Waals surface area contributed by atoms with Crippen molar-refractivity contribution in [2.24, 2.45) is 11.3 Å². The van der Waals surface area contributed by atoms with Crippen LogP contribution in [-0.4, -0.2) is 12.6 Å². The first kappa shape index (κ1) is 11.5. The topological polar surface area (TPSA) is 26.3 Å². The quantitative estimate of drug-likeness (QED) is 0.612. The summed E-state index contributed by atoms with van der Waals surface area (Å²) in [7, 11) is 0. The van der Waals surface area contributed by atoms with Crippen LogP contribution in [0, 0.1) is 11.3 Å². The highest BCUT2D eigenvalue weighted by Gasteiger charge is 2.20. The fourth-order valence-electron chi connectivity index (χ4n) is 0.570. The van der Waals surface area contributed by atoms with E-state index >= 15 is 0 Å². The molecule has 2 heteroatoms. The second-order valence-corrected chi connectivity index (χ2v) is 4.30. The molecular weight excluding hydrogens is 152 g/mol. The molecule has 0 N–H and O–H groups in total. The summed E-state index contributed by atoms with van der Waals surface area (Å²) in [6.45, 7) is 10.9. The van der Waals surface area contributed by atoms with E-state index in [4.69, 9.17) is 4.74 Å². The lowest BCUT2D eigenvalue weighted by Gasteiger charge is -2.26. The van der Waals surface area contributed by atoms with E-state index in [2.05, 4.69) is 27.7 Å². The van der Waals surface area contributed by atoms with Gasteiger partial charge in [-0.3, -0.25) is 4.79 Å². The molecule has 0 saturated heterocycles. The predicted octanol–water partition coefficient (Wildman–Crippen LogP) is 2.62. The van der Waals surface area contributed by atoms with Crippen molar-refractivity contribution in [1.29, 1.82) is 0 Å². The molecule has 0 heterocycles. The monoisotopic (exact) mass is 172 g/mol. The number of carbonyl (C=O) groups is 1. The lowest BCUT2D eigenvalue weighted by atomic mass is 9.83. The maximum absolute atomic E-state index is 10.8. The average molecular weight is 172 g/mol. The zero-order chi connectivity index (χ0) is 9.78. The van der Waals surface area contributed by atoms with Gasteiger partial charge < -0.3 is 4.74 Å². The van der Waals surface area contributed by atoms with Crippen LogP contribution >= 0.6 is 0 Å². The molecule has 0 aromatic heterocycles. The summed E-state index contributed by atoms with van der Waals surface area (Å²) in [5.74, 6) is 0.305. The number of carbonyl (C=O) groups excluding carboxylic acids is 1. The van der Waals surface area contributed by atoms with Gasteiger partial charge in [0.05, 0.1) is 6.61 Å². The lowest BCUT2D eigenvalue weighted by Crippen LogP contribution is -2.23. The van der Waals surface area contributed by atoms with Gasteiger partial charge in [-0.25, -0.2) is 0 Å². The van der Waals surface area contributed by atoms with Gasteiger partial charge in [0, 0.05) is 6.42 Å². The van der Waals surface area contributed by atoms with E-state index < -0.39 is 0 Å². The van der Waals surface area contributed by atoms with Crippen LogP contribution in [-0.2, 0) is 9.53 Å². The Hall–Kier alpha value is -0.530. The zero-order valence-corrected chi connectivity index (χ0v) is 8.81. The summed E-state index contributed by atoms with van der Waals surface area (Å²) >= 11 is 0. The van der Waals surface area contributed by atoms with Crippen LogP contribution in [0.5, 0.6) is 0 Å². The van der Waals surface area contributed by atoms with E-state index in [0.717, 1.165) is 0 Å². The van der Waals surface area contributed by atoms with Crippen molar-refractivity contribution in [2.75, 3.05) is 6.61 Å². The summed E-state index contributed by atoms with van der Waals surface area (Å²) in [6.07, 6.45) is 0.469. The minimum Gasteiger partial charge on any atom is -0.465 e. The van der Waals surface area contributed by atoms with E-state index in [1.165, 1.54) is 0 Å². The fraction of sp³-hybridized carbons (Fsp3) is 0.900. The molecule has 0 saturated carbocycles. The molecule has 72 valence electrons. The smallest absolute Gasteiger partial charge is 0.305 e. The van der Waals surface area contributed by atoms with E-state index in [-0.39, 0.29) is 11.4 Å². The summed E-state index contributed by atoms with van der Waals surface area (Å²) in [5, 5.41) is 0. The van der Waals surface area contributed by atoms with Crippen molar-refractivity contribution in [3.8, 4) is 0 Å². The highest BCUT2D eigenvalue weighted by molar-refractivity contribution is 5.68. The van der Waals surface area contributed by atoms with Crippen molar-refractivity contribution in [2.45, 2.75) is 41.0 Å². The number of rotatable bonds is 3. The van der Waals surface area contributed by atoms with Crippen molar-refractivity contribution >= 4 is 5.97 Å². The molecule has 1 unspecified atom stereocenters. The molecule has 0 fully saturated rings. The minimum atomic E-state index is -0.105. The Bertz CT molecular complexity index is 144. The molecule has 0 radical (unpaired) electrons. The van der Waals surface area contributed by atoms with Crippen molar-refractivity contribution in [3.63, 3.8) is 0 Å². The molecular formula is C10H20O2. The van der Waals surface area contributed by atoms with Crippen LogP contribution in [0.25, 0.3) is 0 Å². The minimum absolute atomic E-state index is 0.105. The van der Waals surface area contributed by atoms with Gasteiger partial charge >= 0.3 is 5.97 Å². The van der Waals surface area contributed by atoms with Gasteiger partial charge in [-0.1, -0.05) is 34.6 Å². The molecule has 0 aliphatic heterocycles. The summed E-state index contributed by atoms with van der Waals surface area (Å²) < 4.78 is 5.04. The average Bonchev–Trinajstić information content (AvgIpc) is 1.97. The summed E-state index contributed by atoms with van der Waals surface area (Å²) in [4.78, 5) is 10.8. The SMILES string of the molecule is CCC(=O)OCC(C)C(C)(C)C. The normalized spacial score (nSPS) is 14.1. The number of esters is 1. The van der Waals surface area contributed by atoms with Gasteiger partial charge in [0.25, 0.3) is 0 Å². The largest absolute Gasteiger partial charge is 0.465 e. The second-order valence-electron chi connectivity index (χ2n) is 4.30. The Morgan fingerprint density at radius 2 is 1.92 bits per heavy atom. The Morgan fingerprint density at radius 3 is 2.25 bits per heavy atom. The molecule has 12 heavy (non-hydrogen) atoms. The van der Waals surface area contributed by atoms with E-state index in [1.807, 2.05) is 6.92 Å². The Morgan fingerprint density at radius 1 is 1.42 bits per heavy atom.